The SMILES string of the molecule is C=C[C@@H]1C[C@]1(NC(=O)[C@@H]1C[C@@]2(CN1C(=O)[C@@H](NC(=O)[C@@H](NC(=O)C1CCCCN1C(C)C)C1CCCCC1)C(C)(C)C)C(C)(C)C21CCC1)C(=O)NS(=O)(=O)N(C)C. The van der Waals surface area contributed by atoms with E-state index in [0.717, 1.165) is 81.5 Å². The molecule has 7 atom stereocenters. The van der Waals surface area contributed by atoms with Crippen molar-refractivity contribution in [1.29, 1.82) is 0 Å². The molecule has 14 nitrogen and oxygen atoms in total. The van der Waals surface area contributed by atoms with Gasteiger partial charge >= 0.3 is 10.2 Å². The molecule has 2 spiro atoms. The molecule has 0 aromatic rings. The highest BCUT2D eigenvalue weighted by atomic mass is 32.2. The Morgan fingerprint density at radius 3 is 2.00 bits per heavy atom. The van der Waals surface area contributed by atoms with Gasteiger partial charge < -0.3 is 20.9 Å². The first kappa shape index (κ1) is 44.5. The normalized spacial score (nSPS) is 31.6. The fourth-order valence-corrected chi connectivity index (χ4v) is 12.3. The van der Waals surface area contributed by atoms with Gasteiger partial charge in [-0.3, -0.25) is 28.9 Å². The van der Waals surface area contributed by atoms with Crippen molar-refractivity contribution in [1.82, 2.24) is 34.8 Å². The third-order valence-electron chi connectivity index (χ3n) is 15.8. The van der Waals surface area contributed by atoms with Crippen LogP contribution in [0.2, 0.25) is 0 Å². The zero-order chi connectivity index (χ0) is 42.8. The molecule has 6 rings (SSSR count). The van der Waals surface area contributed by atoms with Crippen molar-refractivity contribution in [3.8, 4) is 0 Å². The summed E-state index contributed by atoms with van der Waals surface area (Å²) in [5, 5.41) is 9.26. The molecule has 0 radical (unpaired) electrons. The molecule has 2 aliphatic heterocycles. The average molecular weight is 830 g/mol. The molecule has 4 aliphatic carbocycles. The van der Waals surface area contributed by atoms with Gasteiger partial charge in [0.15, 0.2) is 0 Å². The van der Waals surface area contributed by atoms with Crippen LogP contribution in [0.4, 0.5) is 0 Å². The number of piperidine rings is 1. The van der Waals surface area contributed by atoms with Gasteiger partial charge in [-0.2, -0.15) is 12.7 Å². The standard InChI is InChI=1S/C43H71N7O7S/c1-11-29-24-43(29,38(55)47-58(56,57)48(9)10)46-35(52)31-25-42(40(7,8)41(42)21-17-22-41)26-50(31)37(54)33(39(4,5)6)45-36(53)32(28-18-13-12-14-19-28)44-34(51)30-20-15-16-23-49(30)27(2)3/h11,27-33H,1,12-26H2,2-10H3,(H,44,51)(H,45,53)(H,46,52)(H,47,55)/t29-,30?,31+,32+,33-,42-,43-/m1/s1. The van der Waals surface area contributed by atoms with E-state index in [1.807, 2.05) is 20.8 Å². The lowest BCUT2D eigenvalue weighted by Crippen LogP contribution is -2.63. The highest BCUT2D eigenvalue weighted by molar-refractivity contribution is 7.87. The first-order valence-electron chi connectivity index (χ1n) is 21.9. The Balaban J connectivity index is 1.29. The van der Waals surface area contributed by atoms with Crippen LogP contribution in [0, 0.1) is 33.5 Å². The molecular weight excluding hydrogens is 759 g/mol. The lowest BCUT2D eigenvalue weighted by atomic mass is 9.73. The van der Waals surface area contributed by atoms with Gasteiger partial charge in [0.25, 0.3) is 5.91 Å². The second-order valence-electron chi connectivity index (χ2n) is 20.6. The average Bonchev–Trinajstić information content (AvgIpc) is 3.87. The Bertz CT molecular complexity index is 1760. The molecule has 1 unspecified atom stereocenters. The number of nitrogens with one attached hydrogen (secondary N) is 4. The van der Waals surface area contributed by atoms with Crippen molar-refractivity contribution in [3.63, 3.8) is 0 Å². The zero-order valence-electron chi connectivity index (χ0n) is 36.5. The maximum atomic E-state index is 15.2. The minimum atomic E-state index is -4.15. The summed E-state index contributed by atoms with van der Waals surface area (Å²) < 4.78 is 28.4. The Morgan fingerprint density at radius 2 is 1.48 bits per heavy atom. The molecule has 15 heteroatoms. The summed E-state index contributed by atoms with van der Waals surface area (Å²) in [7, 11) is -1.53. The minimum absolute atomic E-state index is 0.0224. The maximum absolute atomic E-state index is 15.2. The summed E-state index contributed by atoms with van der Waals surface area (Å²) in [6, 6.07) is -2.94. The fourth-order valence-electron chi connectivity index (χ4n) is 11.7. The van der Waals surface area contributed by atoms with E-state index in [9.17, 15) is 27.6 Å². The van der Waals surface area contributed by atoms with E-state index in [0.29, 0.717) is 13.0 Å². The zero-order valence-corrected chi connectivity index (χ0v) is 37.4. The molecule has 0 bridgehead atoms. The summed E-state index contributed by atoms with van der Waals surface area (Å²) in [6.45, 7) is 19.3. The first-order chi connectivity index (χ1) is 27.0. The van der Waals surface area contributed by atoms with Crippen LogP contribution in [-0.4, -0.2) is 115 Å². The molecule has 5 amide bonds. The van der Waals surface area contributed by atoms with E-state index in [4.69, 9.17) is 0 Å². The number of carbonyl (C=O) groups excluding carboxylic acids is 5. The van der Waals surface area contributed by atoms with Crippen molar-refractivity contribution < 1.29 is 32.4 Å². The molecule has 6 aliphatic rings. The van der Waals surface area contributed by atoms with Crippen molar-refractivity contribution in [3.05, 3.63) is 12.7 Å². The summed E-state index contributed by atoms with van der Waals surface area (Å²) >= 11 is 0. The van der Waals surface area contributed by atoms with Gasteiger partial charge in [0, 0.05) is 38.0 Å². The van der Waals surface area contributed by atoms with Gasteiger partial charge in [0.2, 0.25) is 23.6 Å². The van der Waals surface area contributed by atoms with Gasteiger partial charge in [-0.1, -0.05) is 72.8 Å². The maximum Gasteiger partial charge on any atom is 0.303 e. The summed E-state index contributed by atoms with van der Waals surface area (Å²) in [5.41, 5.74) is -2.82. The number of amides is 5. The molecule has 0 aromatic heterocycles. The molecule has 326 valence electrons. The van der Waals surface area contributed by atoms with Crippen LogP contribution in [0.1, 0.15) is 132 Å². The molecule has 6 fully saturated rings. The van der Waals surface area contributed by atoms with Gasteiger partial charge in [0.05, 0.1) is 6.04 Å². The van der Waals surface area contributed by atoms with Gasteiger partial charge in [-0.25, -0.2) is 4.72 Å². The molecule has 2 saturated heterocycles. The lowest BCUT2D eigenvalue weighted by molar-refractivity contribution is -0.145. The summed E-state index contributed by atoms with van der Waals surface area (Å²) in [4.78, 5) is 76.1. The van der Waals surface area contributed by atoms with Crippen molar-refractivity contribution in [2.75, 3.05) is 27.2 Å². The quantitative estimate of drug-likeness (QED) is 0.204. The van der Waals surface area contributed by atoms with Crippen molar-refractivity contribution in [2.24, 2.45) is 33.5 Å². The predicted molar refractivity (Wildman–Crippen MR) is 222 cm³/mol. The number of nitrogens with zero attached hydrogens (tertiary/aromatic N) is 3. The molecule has 4 N–H and O–H groups in total. The third-order valence-corrected chi connectivity index (χ3v) is 17.2. The van der Waals surface area contributed by atoms with Crippen LogP contribution < -0.4 is 20.7 Å². The number of hydrogen-bond acceptors (Lipinski definition) is 8. The first-order valence-corrected chi connectivity index (χ1v) is 23.3. The van der Waals surface area contributed by atoms with Crippen LogP contribution >= 0.6 is 0 Å². The Kier molecular flexibility index (Phi) is 12.1. The Morgan fingerprint density at radius 1 is 0.845 bits per heavy atom. The highest BCUT2D eigenvalue weighted by Crippen LogP contribution is 2.88. The van der Waals surface area contributed by atoms with Crippen molar-refractivity contribution >= 4 is 39.7 Å². The molecule has 4 saturated carbocycles. The number of fused-ring (bicyclic) bond motifs is 1. The Labute approximate surface area is 347 Å². The second-order valence-corrected chi connectivity index (χ2v) is 22.5. The predicted octanol–water partition coefficient (Wildman–Crippen LogP) is 3.63. The second kappa shape index (κ2) is 15.8. The molecular formula is C43H71N7O7S. The van der Waals surface area contributed by atoms with E-state index >= 15 is 4.79 Å². The van der Waals surface area contributed by atoms with E-state index < -0.39 is 57.0 Å². The fraction of sp³-hybridized carbons (Fsp3) is 0.837. The van der Waals surface area contributed by atoms with Crippen molar-refractivity contribution in [2.45, 2.75) is 168 Å². The number of rotatable bonds is 13. The molecule has 2 heterocycles. The topological polar surface area (TPSA) is 177 Å². The van der Waals surface area contributed by atoms with E-state index in [1.54, 1.807) is 4.90 Å². The highest BCUT2D eigenvalue weighted by Gasteiger charge is 2.85. The van der Waals surface area contributed by atoms with Crippen LogP contribution in [-0.2, 0) is 34.2 Å². The number of carbonyl (C=O) groups is 5. The monoisotopic (exact) mass is 830 g/mol. The minimum Gasteiger partial charge on any atom is -0.343 e. The smallest absolute Gasteiger partial charge is 0.303 e. The number of likely N-dealkylation sites (tertiary alicyclic amines) is 2. The van der Waals surface area contributed by atoms with Gasteiger partial charge in [0.1, 0.15) is 23.7 Å². The van der Waals surface area contributed by atoms with E-state index in [1.165, 1.54) is 20.2 Å². The third kappa shape index (κ3) is 7.51. The summed E-state index contributed by atoms with van der Waals surface area (Å²) in [6.07, 6.45) is 12.5. The largest absolute Gasteiger partial charge is 0.343 e. The van der Waals surface area contributed by atoms with Crippen LogP contribution in [0.25, 0.3) is 0 Å². The molecule has 58 heavy (non-hydrogen) atoms. The van der Waals surface area contributed by atoms with Crippen LogP contribution in [0.15, 0.2) is 12.7 Å². The lowest BCUT2D eigenvalue weighted by Gasteiger charge is -2.40. The van der Waals surface area contributed by atoms with E-state index in [-0.39, 0.29) is 58.4 Å². The van der Waals surface area contributed by atoms with Gasteiger partial charge in [-0.15, -0.1) is 6.58 Å². The van der Waals surface area contributed by atoms with Crippen LogP contribution in [0.5, 0.6) is 0 Å². The van der Waals surface area contributed by atoms with E-state index in [2.05, 4.69) is 59.8 Å². The number of hydrogen-bond donors (Lipinski definition) is 4. The van der Waals surface area contributed by atoms with Gasteiger partial charge in [-0.05, 0) is 93.9 Å². The summed E-state index contributed by atoms with van der Waals surface area (Å²) in [5.74, 6) is -2.87. The Hall–Kier alpha value is -3.04. The molecule has 0 aromatic carbocycles. The van der Waals surface area contributed by atoms with Crippen LogP contribution in [0.3, 0.4) is 0 Å².